The fourth-order valence-corrected chi connectivity index (χ4v) is 1.77. The molecule has 0 radical (unpaired) electrons. The topological polar surface area (TPSA) is 67.9 Å². The zero-order valence-corrected chi connectivity index (χ0v) is 11.8. The number of nitrogens with zero attached hydrogens (tertiary/aromatic N) is 3. The monoisotopic (exact) mass is 289 g/mol. The van der Waals surface area contributed by atoms with Gasteiger partial charge in [-0.15, -0.1) is 0 Å². The van der Waals surface area contributed by atoms with Crippen LogP contribution in [-0.4, -0.2) is 9.78 Å². The molecule has 1 heterocycles. The van der Waals surface area contributed by atoms with Gasteiger partial charge < -0.3 is 4.74 Å². The van der Waals surface area contributed by atoms with E-state index in [9.17, 15) is 4.79 Å². The molecule has 0 saturated carbocycles. The number of aromatic nitrogens is 2. The Morgan fingerprint density at radius 2 is 2.00 bits per heavy atom. The normalized spacial score (nSPS) is 10.3. The van der Waals surface area contributed by atoms with Gasteiger partial charge in [-0.2, -0.15) is 10.4 Å². The van der Waals surface area contributed by atoms with Crippen LogP contribution in [-0.2, 0) is 0 Å². The zero-order valence-electron chi connectivity index (χ0n) is 11.0. The summed E-state index contributed by atoms with van der Waals surface area (Å²) in [6.45, 7) is 3.68. The first-order chi connectivity index (χ1) is 9.52. The lowest BCUT2D eigenvalue weighted by Gasteiger charge is -2.11. The molecule has 20 heavy (non-hydrogen) atoms. The molecule has 102 valence electrons. The minimum absolute atomic E-state index is 0.0157. The molecule has 0 saturated heterocycles. The lowest BCUT2D eigenvalue weighted by atomic mass is 10.2. The largest absolute Gasteiger partial charge is 0.454 e. The molecule has 0 amide bonds. The second-order valence-electron chi connectivity index (χ2n) is 4.40. The molecule has 0 spiro atoms. The Balaban J connectivity index is 2.32. The molecular formula is C14H12ClN3O2. The van der Waals surface area contributed by atoms with Gasteiger partial charge >= 0.3 is 0 Å². The van der Waals surface area contributed by atoms with Gasteiger partial charge in [-0.25, -0.2) is 4.68 Å². The van der Waals surface area contributed by atoms with E-state index in [0.29, 0.717) is 11.3 Å². The number of hydrogen-bond donors (Lipinski definition) is 0. The zero-order chi connectivity index (χ0) is 14.7. The van der Waals surface area contributed by atoms with Gasteiger partial charge in [-0.05, 0) is 38.1 Å². The summed E-state index contributed by atoms with van der Waals surface area (Å²) in [5, 5.41) is 12.7. The quantitative estimate of drug-likeness (QED) is 0.870. The summed E-state index contributed by atoms with van der Waals surface area (Å²) in [6.07, 6.45) is 1.40. The predicted octanol–water partition coefficient (Wildman–Crippen LogP) is 3.14. The van der Waals surface area contributed by atoms with E-state index in [1.807, 2.05) is 19.9 Å². The van der Waals surface area contributed by atoms with E-state index < -0.39 is 5.56 Å². The maximum absolute atomic E-state index is 12.0. The van der Waals surface area contributed by atoms with Gasteiger partial charge in [0.15, 0.2) is 10.8 Å². The van der Waals surface area contributed by atoms with Gasteiger partial charge in [-0.3, -0.25) is 4.79 Å². The van der Waals surface area contributed by atoms with Crippen molar-refractivity contribution >= 4 is 11.6 Å². The lowest BCUT2D eigenvalue weighted by molar-refractivity contribution is 0.453. The molecule has 0 aliphatic carbocycles. The van der Waals surface area contributed by atoms with Crippen LogP contribution in [0.3, 0.4) is 0 Å². The highest BCUT2D eigenvalue weighted by molar-refractivity contribution is 6.31. The van der Waals surface area contributed by atoms with Crippen LogP contribution in [0.4, 0.5) is 0 Å². The Kier molecular flexibility index (Phi) is 4.06. The molecule has 0 fully saturated rings. The molecule has 0 atom stereocenters. The molecule has 0 bridgehead atoms. The standard InChI is InChI=1S/C14H12ClN3O2/c1-9(2)18-14(19)13(15)12(8-17-18)20-11-5-3-10(7-16)4-6-11/h3-6,8-9H,1-2H3. The fourth-order valence-electron chi connectivity index (χ4n) is 1.59. The Labute approximate surface area is 121 Å². The van der Waals surface area contributed by atoms with Crippen molar-refractivity contribution < 1.29 is 4.74 Å². The number of rotatable bonds is 3. The van der Waals surface area contributed by atoms with E-state index >= 15 is 0 Å². The third-order valence-electron chi connectivity index (χ3n) is 2.61. The van der Waals surface area contributed by atoms with Crippen LogP contribution < -0.4 is 10.3 Å². The summed E-state index contributed by atoms with van der Waals surface area (Å²) in [7, 11) is 0. The average Bonchev–Trinajstić information content (AvgIpc) is 2.44. The van der Waals surface area contributed by atoms with Crippen LogP contribution in [0.2, 0.25) is 5.02 Å². The van der Waals surface area contributed by atoms with E-state index in [1.54, 1.807) is 24.3 Å². The predicted molar refractivity (Wildman–Crippen MR) is 75.1 cm³/mol. The summed E-state index contributed by atoms with van der Waals surface area (Å²) < 4.78 is 6.79. The maximum Gasteiger partial charge on any atom is 0.289 e. The number of benzene rings is 1. The minimum atomic E-state index is -0.396. The Morgan fingerprint density at radius 1 is 1.35 bits per heavy atom. The molecule has 5 nitrogen and oxygen atoms in total. The van der Waals surface area contributed by atoms with E-state index in [-0.39, 0.29) is 16.8 Å². The van der Waals surface area contributed by atoms with Crippen LogP contribution in [0.25, 0.3) is 0 Å². The van der Waals surface area contributed by atoms with Crippen LogP contribution in [0, 0.1) is 11.3 Å². The third kappa shape index (κ3) is 2.81. The van der Waals surface area contributed by atoms with Crippen molar-refractivity contribution in [2.75, 3.05) is 0 Å². The van der Waals surface area contributed by atoms with Crippen molar-refractivity contribution in [3.8, 4) is 17.6 Å². The average molecular weight is 290 g/mol. The van der Waals surface area contributed by atoms with Gasteiger partial charge in [0.05, 0.1) is 23.9 Å². The maximum atomic E-state index is 12.0. The minimum Gasteiger partial charge on any atom is -0.454 e. The molecule has 0 N–H and O–H groups in total. The van der Waals surface area contributed by atoms with E-state index in [4.69, 9.17) is 21.6 Å². The molecule has 2 rings (SSSR count). The molecule has 6 heteroatoms. The summed E-state index contributed by atoms with van der Waals surface area (Å²) in [6, 6.07) is 8.42. The molecule has 0 aliphatic rings. The van der Waals surface area contributed by atoms with Crippen molar-refractivity contribution in [2.45, 2.75) is 19.9 Å². The van der Waals surface area contributed by atoms with Crippen LogP contribution in [0.5, 0.6) is 11.5 Å². The van der Waals surface area contributed by atoms with Crippen LogP contribution in [0.15, 0.2) is 35.3 Å². The lowest BCUT2D eigenvalue weighted by Crippen LogP contribution is -2.24. The van der Waals surface area contributed by atoms with Crippen LogP contribution >= 0.6 is 11.6 Å². The van der Waals surface area contributed by atoms with Gasteiger partial charge in [0.2, 0.25) is 0 Å². The smallest absolute Gasteiger partial charge is 0.289 e. The van der Waals surface area contributed by atoms with E-state index in [0.717, 1.165) is 0 Å². The number of ether oxygens (including phenoxy) is 1. The van der Waals surface area contributed by atoms with Crippen molar-refractivity contribution in [3.05, 3.63) is 51.4 Å². The second kappa shape index (κ2) is 5.76. The van der Waals surface area contributed by atoms with Gasteiger partial charge in [0.25, 0.3) is 5.56 Å². The Hall–Kier alpha value is -2.32. The number of hydrogen-bond acceptors (Lipinski definition) is 4. The Morgan fingerprint density at radius 3 is 2.55 bits per heavy atom. The highest BCUT2D eigenvalue weighted by Crippen LogP contribution is 2.26. The highest BCUT2D eigenvalue weighted by atomic mass is 35.5. The molecule has 2 aromatic rings. The van der Waals surface area contributed by atoms with Gasteiger partial charge in [-0.1, -0.05) is 11.6 Å². The summed E-state index contributed by atoms with van der Waals surface area (Å²) in [4.78, 5) is 12.0. The van der Waals surface area contributed by atoms with Crippen molar-refractivity contribution in [3.63, 3.8) is 0 Å². The molecular weight excluding hydrogens is 278 g/mol. The summed E-state index contributed by atoms with van der Waals surface area (Å²) in [5.74, 6) is 0.674. The fraction of sp³-hybridized carbons (Fsp3) is 0.214. The van der Waals surface area contributed by atoms with Gasteiger partial charge in [0, 0.05) is 0 Å². The first kappa shape index (κ1) is 14.1. The van der Waals surface area contributed by atoms with Gasteiger partial charge in [0.1, 0.15) is 5.75 Å². The van der Waals surface area contributed by atoms with E-state index in [2.05, 4.69) is 5.10 Å². The highest BCUT2D eigenvalue weighted by Gasteiger charge is 2.12. The SMILES string of the molecule is CC(C)n1ncc(Oc2ccc(C#N)cc2)c(Cl)c1=O. The van der Waals surface area contributed by atoms with Crippen molar-refractivity contribution in [1.29, 1.82) is 5.26 Å². The third-order valence-corrected chi connectivity index (χ3v) is 2.96. The van der Waals surface area contributed by atoms with Crippen LogP contribution in [0.1, 0.15) is 25.5 Å². The van der Waals surface area contributed by atoms with Crippen molar-refractivity contribution in [2.24, 2.45) is 0 Å². The first-order valence-electron chi connectivity index (χ1n) is 5.98. The molecule has 0 unspecified atom stereocenters. The Bertz CT molecular complexity index is 715. The summed E-state index contributed by atoms with van der Waals surface area (Å²) in [5.41, 5.74) is 0.129. The summed E-state index contributed by atoms with van der Waals surface area (Å²) >= 11 is 6.00. The first-order valence-corrected chi connectivity index (χ1v) is 6.36. The second-order valence-corrected chi connectivity index (χ2v) is 4.78. The molecule has 0 aliphatic heterocycles. The van der Waals surface area contributed by atoms with E-state index in [1.165, 1.54) is 10.9 Å². The number of nitriles is 1. The molecule has 1 aromatic carbocycles. The molecule has 1 aromatic heterocycles. The number of halogens is 1. The van der Waals surface area contributed by atoms with Crippen molar-refractivity contribution in [1.82, 2.24) is 9.78 Å².